The molecule has 0 unspecified atom stereocenters. The number of ether oxygens (including phenoxy) is 2. The molecular weight excluding hydrogens is 328 g/mol. The minimum absolute atomic E-state index is 0.314. The molecule has 0 aromatic carbocycles. The molecule has 24 heavy (non-hydrogen) atoms. The number of cyclic esters (lactones) is 1. The molecule has 1 aromatic heterocycles. The van der Waals surface area contributed by atoms with Gasteiger partial charge in [-0.05, 0) is 51.5 Å². The molecule has 1 saturated heterocycles. The van der Waals surface area contributed by atoms with Crippen LogP contribution in [-0.2, 0) is 14.3 Å². The van der Waals surface area contributed by atoms with Crippen molar-refractivity contribution in [1.29, 1.82) is 0 Å². The Bertz CT molecular complexity index is 588. The quantitative estimate of drug-likeness (QED) is 0.839. The van der Waals surface area contributed by atoms with E-state index >= 15 is 0 Å². The number of carbonyl (C=O) groups is 2. The second-order valence-electron chi connectivity index (χ2n) is 6.70. The van der Waals surface area contributed by atoms with Gasteiger partial charge in [-0.15, -0.1) is 11.8 Å². The molecule has 1 aliphatic rings. The van der Waals surface area contributed by atoms with E-state index in [4.69, 9.17) is 9.47 Å². The maximum Gasteiger partial charge on any atom is 0.408 e. The Morgan fingerprint density at radius 2 is 2.25 bits per heavy atom. The monoisotopic (exact) mass is 352 g/mol. The molecule has 1 fully saturated rings. The molecule has 0 aliphatic carbocycles. The molecule has 2 heterocycles. The van der Waals surface area contributed by atoms with Crippen LogP contribution in [0.2, 0.25) is 0 Å². The molecule has 0 spiro atoms. The van der Waals surface area contributed by atoms with E-state index in [1.807, 2.05) is 12.3 Å². The number of aromatic nitrogens is 1. The maximum absolute atomic E-state index is 12.6. The Labute approximate surface area is 146 Å². The first-order valence-corrected chi connectivity index (χ1v) is 9.13. The van der Waals surface area contributed by atoms with E-state index < -0.39 is 22.5 Å². The van der Waals surface area contributed by atoms with Crippen molar-refractivity contribution in [1.82, 2.24) is 10.3 Å². The number of esters is 1. The van der Waals surface area contributed by atoms with Crippen LogP contribution < -0.4 is 5.32 Å². The number of carbonyl (C=O) groups excluding carboxylic acids is 2. The highest BCUT2D eigenvalue weighted by atomic mass is 32.2. The van der Waals surface area contributed by atoms with E-state index in [0.29, 0.717) is 13.0 Å². The van der Waals surface area contributed by atoms with Crippen LogP contribution in [-0.4, -0.2) is 40.3 Å². The van der Waals surface area contributed by atoms with Crippen LogP contribution >= 0.6 is 11.8 Å². The lowest BCUT2D eigenvalue weighted by Gasteiger charge is -2.40. The van der Waals surface area contributed by atoms with Crippen LogP contribution in [0.25, 0.3) is 0 Å². The summed E-state index contributed by atoms with van der Waals surface area (Å²) in [7, 11) is 0. The number of thioether (sulfide) groups is 1. The van der Waals surface area contributed by atoms with Gasteiger partial charge in [0.1, 0.15) is 10.3 Å². The highest BCUT2D eigenvalue weighted by Gasteiger charge is 2.50. The number of rotatable bonds is 4. The van der Waals surface area contributed by atoms with Crippen LogP contribution in [0.4, 0.5) is 4.79 Å². The molecular formula is C17H24N2O4S. The van der Waals surface area contributed by atoms with Crippen LogP contribution in [0.3, 0.4) is 0 Å². The minimum atomic E-state index is -0.891. The maximum atomic E-state index is 12.6. The fourth-order valence-corrected chi connectivity index (χ4v) is 3.74. The number of hydrogen-bond donors (Lipinski definition) is 1. The van der Waals surface area contributed by atoms with Crippen molar-refractivity contribution >= 4 is 23.8 Å². The van der Waals surface area contributed by atoms with Crippen LogP contribution in [0, 0.1) is 0 Å². The number of alkyl carbamates (subject to hydrolysis) is 1. The van der Waals surface area contributed by atoms with Crippen LogP contribution in [0.1, 0.15) is 45.2 Å². The zero-order chi connectivity index (χ0) is 17.8. The average Bonchev–Trinajstić information content (AvgIpc) is 2.53. The lowest BCUT2D eigenvalue weighted by atomic mass is 9.87. The predicted molar refractivity (Wildman–Crippen MR) is 92.8 cm³/mol. The van der Waals surface area contributed by atoms with Gasteiger partial charge in [0.05, 0.1) is 12.6 Å². The number of pyridine rings is 1. The number of nitrogens with zero attached hydrogens (tertiary/aromatic N) is 1. The summed E-state index contributed by atoms with van der Waals surface area (Å²) in [4.78, 5) is 29.0. The summed E-state index contributed by atoms with van der Waals surface area (Å²) in [5, 5.41) is 2.86. The van der Waals surface area contributed by atoms with E-state index in [9.17, 15) is 9.59 Å². The zero-order valence-electron chi connectivity index (χ0n) is 14.5. The molecule has 0 bridgehead atoms. The van der Waals surface area contributed by atoms with Crippen molar-refractivity contribution in [3.8, 4) is 0 Å². The summed E-state index contributed by atoms with van der Waals surface area (Å²) < 4.78 is 9.78. The predicted octanol–water partition coefficient (Wildman–Crippen LogP) is 3.09. The van der Waals surface area contributed by atoms with E-state index in [1.54, 1.807) is 39.2 Å². The highest BCUT2D eigenvalue weighted by Crippen LogP contribution is 2.43. The van der Waals surface area contributed by atoms with Gasteiger partial charge in [0, 0.05) is 12.4 Å². The second-order valence-corrected chi connectivity index (χ2v) is 7.84. The van der Waals surface area contributed by atoms with Gasteiger partial charge in [0.2, 0.25) is 0 Å². The van der Waals surface area contributed by atoms with Crippen molar-refractivity contribution in [2.24, 2.45) is 0 Å². The number of nitrogens with one attached hydrogen (secondary N) is 1. The Hall–Kier alpha value is -1.76. The van der Waals surface area contributed by atoms with Gasteiger partial charge >= 0.3 is 12.1 Å². The minimum Gasteiger partial charge on any atom is -0.465 e. The van der Waals surface area contributed by atoms with Gasteiger partial charge in [-0.2, -0.15) is 0 Å². The molecule has 6 nitrogen and oxygen atoms in total. The van der Waals surface area contributed by atoms with Gasteiger partial charge in [-0.25, -0.2) is 4.79 Å². The Morgan fingerprint density at radius 1 is 1.50 bits per heavy atom. The van der Waals surface area contributed by atoms with Crippen molar-refractivity contribution in [3.63, 3.8) is 0 Å². The summed E-state index contributed by atoms with van der Waals surface area (Å²) in [5.41, 5.74) is 0.125. The average molecular weight is 352 g/mol. The summed E-state index contributed by atoms with van der Waals surface area (Å²) in [6.45, 7) is 5.80. The topological polar surface area (TPSA) is 77.5 Å². The standard InChI is InChI=1S/C17H24N2O4S/c1-16(2,3)23-15(21)19-13(12-7-5-9-18-11-12)17(24-4)8-6-10-22-14(17)20/h5,7,9,11,13H,6,8,10H2,1-4H3,(H,19,21)/t13-,17+/m0/s1. The molecule has 2 rings (SSSR count). The first-order chi connectivity index (χ1) is 11.3. The van der Waals surface area contributed by atoms with E-state index in [2.05, 4.69) is 10.3 Å². The molecule has 1 aliphatic heterocycles. The summed E-state index contributed by atoms with van der Waals surface area (Å²) in [5.74, 6) is -0.314. The lowest BCUT2D eigenvalue weighted by Crippen LogP contribution is -2.52. The highest BCUT2D eigenvalue weighted by molar-refractivity contribution is 8.00. The van der Waals surface area contributed by atoms with Gasteiger partial charge in [-0.3, -0.25) is 9.78 Å². The second kappa shape index (κ2) is 7.42. The Balaban J connectivity index is 2.36. The molecule has 0 saturated carbocycles. The van der Waals surface area contributed by atoms with Crippen molar-refractivity contribution in [3.05, 3.63) is 30.1 Å². The summed E-state index contributed by atoms with van der Waals surface area (Å²) in [6, 6.07) is 3.04. The molecule has 2 atom stereocenters. The van der Waals surface area contributed by atoms with Gasteiger partial charge in [-0.1, -0.05) is 6.07 Å². The van der Waals surface area contributed by atoms with Crippen LogP contribution in [0.5, 0.6) is 0 Å². The van der Waals surface area contributed by atoms with Crippen LogP contribution in [0.15, 0.2) is 24.5 Å². The van der Waals surface area contributed by atoms with E-state index in [0.717, 1.165) is 12.0 Å². The largest absolute Gasteiger partial charge is 0.465 e. The molecule has 1 aromatic rings. The van der Waals surface area contributed by atoms with Crippen molar-refractivity contribution < 1.29 is 19.1 Å². The van der Waals surface area contributed by atoms with E-state index in [-0.39, 0.29) is 5.97 Å². The third-order valence-electron chi connectivity index (χ3n) is 3.78. The molecule has 1 N–H and O–H groups in total. The molecule has 7 heteroatoms. The molecule has 1 amide bonds. The SMILES string of the molecule is CS[C@@]1([C@@H](NC(=O)OC(C)(C)C)c2cccnc2)CCCOC1=O. The summed E-state index contributed by atoms with van der Waals surface area (Å²) >= 11 is 1.39. The summed E-state index contributed by atoms with van der Waals surface area (Å²) in [6.07, 6.45) is 5.96. The number of amides is 1. The van der Waals surface area contributed by atoms with Crippen molar-refractivity contribution in [2.75, 3.05) is 12.9 Å². The van der Waals surface area contributed by atoms with Gasteiger partial charge in [0.25, 0.3) is 0 Å². The lowest BCUT2D eigenvalue weighted by molar-refractivity contribution is -0.151. The van der Waals surface area contributed by atoms with E-state index in [1.165, 1.54) is 11.8 Å². The van der Waals surface area contributed by atoms with Gasteiger partial charge in [0.15, 0.2) is 0 Å². The fourth-order valence-electron chi connectivity index (χ4n) is 2.73. The third-order valence-corrected chi connectivity index (χ3v) is 5.12. The molecule has 0 radical (unpaired) electrons. The van der Waals surface area contributed by atoms with Gasteiger partial charge < -0.3 is 14.8 Å². The van der Waals surface area contributed by atoms with Crippen molar-refractivity contribution in [2.45, 2.75) is 50.0 Å². The molecule has 132 valence electrons. The first kappa shape index (κ1) is 18.6. The Morgan fingerprint density at radius 3 is 2.79 bits per heavy atom. The smallest absolute Gasteiger partial charge is 0.408 e. The normalized spacial score (nSPS) is 22.4. The fraction of sp³-hybridized carbons (Fsp3) is 0.588. The first-order valence-electron chi connectivity index (χ1n) is 7.90. The Kier molecular flexibility index (Phi) is 5.74. The zero-order valence-corrected chi connectivity index (χ0v) is 15.3. The number of hydrogen-bond acceptors (Lipinski definition) is 6. The third kappa shape index (κ3) is 4.20.